The van der Waals surface area contributed by atoms with Gasteiger partial charge in [-0.15, -0.1) is 11.8 Å². The molecule has 2 aromatic carbocycles. The summed E-state index contributed by atoms with van der Waals surface area (Å²) in [6.45, 7) is 2.23. The van der Waals surface area contributed by atoms with Crippen LogP contribution in [0.2, 0.25) is 0 Å². The molecule has 2 aromatic rings. The summed E-state index contributed by atoms with van der Waals surface area (Å²) >= 11 is 1.50. The molecule has 0 spiro atoms. The summed E-state index contributed by atoms with van der Waals surface area (Å²) in [7, 11) is 1.36. The van der Waals surface area contributed by atoms with E-state index in [4.69, 9.17) is 9.84 Å². The van der Waals surface area contributed by atoms with E-state index in [-0.39, 0.29) is 41.9 Å². The number of aliphatic carboxylic acids is 1. The first-order chi connectivity index (χ1) is 19.3. The number of thioether (sulfide) groups is 1. The molecule has 0 fully saturated rings. The van der Waals surface area contributed by atoms with Crippen molar-refractivity contribution in [2.45, 2.75) is 107 Å². The molecule has 0 aromatic heterocycles. The lowest BCUT2D eigenvalue weighted by Crippen LogP contribution is -2.17. The minimum Gasteiger partial charge on any atom is -0.481 e. The average Bonchev–Trinajstić information content (AvgIpc) is 2.94. The Hall–Kier alpha value is -2.88. The number of carboxylic acid groups (broad SMARTS) is 1. The van der Waals surface area contributed by atoms with Gasteiger partial charge >= 0.3 is 11.9 Å². The van der Waals surface area contributed by atoms with Crippen LogP contribution in [0, 0.1) is 0 Å². The molecule has 0 bridgehead atoms. The number of rotatable bonds is 20. The SMILES string of the molecule is CCCCCCCCCc1ccc(C(Sc2cccc(NC(=O)CCC(=O)O)c2)C(O)CCCC(=O)OC)cc1.O. The highest BCUT2D eigenvalue weighted by Crippen LogP contribution is 2.40. The second-order valence-corrected chi connectivity index (χ2v) is 11.4. The predicted octanol–water partition coefficient (Wildman–Crippen LogP) is 6.50. The third-order valence-corrected chi connectivity index (χ3v) is 8.15. The Kier molecular flexibility index (Phi) is 18.4. The molecule has 0 heterocycles. The Balaban J connectivity index is 0.00000840. The third kappa shape index (κ3) is 15.1. The summed E-state index contributed by atoms with van der Waals surface area (Å²) in [5.41, 5.74) is 2.85. The van der Waals surface area contributed by atoms with Crippen molar-refractivity contribution in [3.05, 3.63) is 59.7 Å². The molecule has 5 N–H and O–H groups in total. The maximum atomic E-state index is 12.1. The highest BCUT2D eigenvalue weighted by Gasteiger charge is 2.23. The summed E-state index contributed by atoms with van der Waals surface area (Å²) < 4.78 is 4.73. The molecule has 2 rings (SSSR count). The van der Waals surface area contributed by atoms with Crippen molar-refractivity contribution in [2.75, 3.05) is 12.4 Å². The molecule has 2 unspecified atom stereocenters. The van der Waals surface area contributed by atoms with E-state index in [0.29, 0.717) is 18.5 Å². The average molecular weight is 590 g/mol. The number of amides is 1. The van der Waals surface area contributed by atoms with Gasteiger partial charge in [-0.3, -0.25) is 14.4 Å². The lowest BCUT2D eigenvalue weighted by Gasteiger charge is -2.24. The smallest absolute Gasteiger partial charge is 0.305 e. The maximum Gasteiger partial charge on any atom is 0.305 e. The fraction of sp³-hybridized carbons (Fsp3) is 0.531. The van der Waals surface area contributed by atoms with Crippen LogP contribution in [0.25, 0.3) is 0 Å². The molecule has 0 saturated carbocycles. The van der Waals surface area contributed by atoms with Crippen molar-refractivity contribution >= 4 is 35.3 Å². The van der Waals surface area contributed by atoms with Gasteiger partial charge in [-0.25, -0.2) is 0 Å². The van der Waals surface area contributed by atoms with Crippen molar-refractivity contribution < 1.29 is 34.8 Å². The molecule has 0 aliphatic rings. The van der Waals surface area contributed by atoms with E-state index < -0.39 is 12.1 Å². The molecule has 41 heavy (non-hydrogen) atoms. The Morgan fingerprint density at radius 1 is 0.902 bits per heavy atom. The van der Waals surface area contributed by atoms with E-state index in [1.807, 2.05) is 18.2 Å². The van der Waals surface area contributed by atoms with Crippen LogP contribution in [-0.4, -0.2) is 46.7 Å². The van der Waals surface area contributed by atoms with Gasteiger partial charge in [0, 0.05) is 23.4 Å². The van der Waals surface area contributed by atoms with Gasteiger partial charge in [0.25, 0.3) is 0 Å². The summed E-state index contributed by atoms with van der Waals surface area (Å²) in [5.74, 6) is -1.67. The number of carbonyl (C=O) groups excluding carboxylic acids is 2. The summed E-state index contributed by atoms with van der Waals surface area (Å²) in [6, 6.07) is 15.8. The number of unbranched alkanes of at least 4 members (excludes halogenated alkanes) is 6. The zero-order valence-electron chi connectivity index (χ0n) is 24.4. The highest BCUT2D eigenvalue weighted by molar-refractivity contribution is 7.99. The standard InChI is InChI=1S/C32H45NO6S.H2O/c1-3-4-5-6-7-8-9-12-24-17-19-25(20-18-24)32(28(34)15-11-16-31(38)39-2)40-27-14-10-13-26(23-27)33-29(35)21-22-30(36)37;/h10,13-14,17-20,23,28,32,34H,3-9,11-12,15-16,21-22H2,1-2H3,(H,33,35)(H,36,37);1H2. The van der Waals surface area contributed by atoms with Crippen LogP contribution >= 0.6 is 11.8 Å². The number of aliphatic hydroxyl groups is 1. The number of carbonyl (C=O) groups is 3. The first kappa shape index (κ1) is 36.1. The van der Waals surface area contributed by atoms with E-state index in [0.717, 1.165) is 16.9 Å². The van der Waals surface area contributed by atoms with E-state index >= 15 is 0 Å². The number of carboxylic acids is 1. The number of hydrogen-bond donors (Lipinski definition) is 3. The molecular weight excluding hydrogens is 542 g/mol. The topological polar surface area (TPSA) is 144 Å². The lowest BCUT2D eigenvalue weighted by atomic mass is 9.99. The van der Waals surface area contributed by atoms with Crippen molar-refractivity contribution in [1.82, 2.24) is 0 Å². The zero-order chi connectivity index (χ0) is 29.2. The minimum atomic E-state index is -1.02. The van der Waals surface area contributed by atoms with Crippen LogP contribution in [0.5, 0.6) is 0 Å². The van der Waals surface area contributed by atoms with Crippen molar-refractivity contribution in [3.8, 4) is 0 Å². The maximum absolute atomic E-state index is 12.1. The first-order valence-electron chi connectivity index (χ1n) is 14.4. The molecule has 228 valence electrons. The van der Waals surface area contributed by atoms with E-state index in [1.165, 1.54) is 69.4 Å². The number of aliphatic hydroxyl groups excluding tert-OH is 1. The Morgan fingerprint density at radius 3 is 2.24 bits per heavy atom. The van der Waals surface area contributed by atoms with Crippen LogP contribution in [0.4, 0.5) is 5.69 Å². The number of anilines is 1. The fourth-order valence-corrected chi connectivity index (χ4v) is 5.71. The Labute approximate surface area is 248 Å². The van der Waals surface area contributed by atoms with Crippen molar-refractivity contribution in [3.63, 3.8) is 0 Å². The van der Waals surface area contributed by atoms with Gasteiger partial charge in [0.2, 0.25) is 5.91 Å². The fourth-order valence-electron chi connectivity index (χ4n) is 4.48. The molecular formula is C32H47NO7S. The summed E-state index contributed by atoms with van der Waals surface area (Å²) in [4.78, 5) is 35.3. The number of esters is 1. The van der Waals surface area contributed by atoms with Crippen LogP contribution in [-0.2, 0) is 25.5 Å². The van der Waals surface area contributed by atoms with Gasteiger partial charge in [0.05, 0.1) is 24.9 Å². The van der Waals surface area contributed by atoms with Crippen LogP contribution in [0.1, 0.15) is 100 Å². The molecule has 9 heteroatoms. The molecule has 8 nitrogen and oxygen atoms in total. The van der Waals surface area contributed by atoms with Crippen LogP contribution in [0.3, 0.4) is 0 Å². The van der Waals surface area contributed by atoms with Crippen molar-refractivity contribution in [1.29, 1.82) is 0 Å². The van der Waals surface area contributed by atoms with Crippen molar-refractivity contribution in [2.24, 2.45) is 0 Å². The number of methoxy groups -OCH3 is 1. The number of hydrogen-bond acceptors (Lipinski definition) is 6. The molecule has 0 radical (unpaired) electrons. The monoisotopic (exact) mass is 589 g/mol. The Bertz CT molecular complexity index is 1040. The zero-order valence-corrected chi connectivity index (χ0v) is 25.2. The molecule has 0 aliphatic carbocycles. The van der Waals surface area contributed by atoms with Crippen LogP contribution in [0.15, 0.2) is 53.4 Å². The van der Waals surface area contributed by atoms with E-state index in [1.54, 1.807) is 6.07 Å². The van der Waals surface area contributed by atoms with Gasteiger partial charge in [0.15, 0.2) is 0 Å². The van der Waals surface area contributed by atoms with E-state index in [9.17, 15) is 19.5 Å². The second-order valence-electron chi connectivity index (χ2n) is 10.2. The van der Waals surface area contributed by atoms with Gasteiger partial charge in [-0.05, 0) is 55.0 Å². The number of ether oxygens (including phenoxy) is 1. The Morgan fingerprint density at radius 2 is 1.59 bits per heavy atom. The predicted molar refractivity (Wildman–Crippen MR) is 164 cm³/mol. The normalized spacial score (nSPS) is 12.2. The number of aryl methyl sites for hydroxylation is 1. The second kappa shape index (κ2) is 20.9. The molecule has 0 aliphatic heterocycles. The number of nitrogens with one attached hydrogen (secondary N) is 1. The first-order valence-corrected chi connectivity index (χ1v) is 15.3. The number of benzene rings is 2. The van der Waals surface area contributed by atoms with Gasteiger partial charge in [0.1, 0.15) is 0 Å². The van der Waals surface area contributed by atoms with Gasteiger partial charge < -0.3 is 25.7 Å². The summed E-state index contributed by atoms with van der Waals surface area (Å²) in [6.07, 6.45) is 10.1. The van der Waals surface area contributed by atoms with Gasteiger partial charge in [-0.1, -0.05) is 75.8 Å². The third-order valence-electron chi connectivity index (χ3n) is 6.78. The molecule has 1 amide bonds. The lowest BCUT2D eigenvalue weighted by molar-refractivity contribution is -0.141. The van der Waals surface area contributed by atoms with E-state index in [2.05, 4.69) is 36.5 Å². The molecule has 2 atom stereocenters. The van der Waals surface area contributed by atoms with Gasteiger partial charge in [-0.2, -0.15) is 0 Å². The largest absolute Gasteiger partial charge is 0.481 e. The minimum absolute atomic E-state index is 0. The molecule has 0 saturated heterocycles. The highest BCUT2D eigenvalue weighted by atomic mass is 32.2. The summed E-state index contributed by atoms with van der Waals surface area (Å²) in [5, 5.41) is 22.5. The van der Waals surface area contributed by atoms with Crippen LogP contribution < -0.4 is 5.32 Å². The quantitative estimate of drug-likeness (QED) is 0.0908.